The van der Waals surface area contributed by atoms with Gasteiger partial charge in [0.25, 0.3) is 0 Å². The lowest BCUT2D eigenvalue weighted by molar-refractivity contribution is -0.156. The van der Waals surface area contributed by atoms with E-state index in [1.165, 1.54) is 18.9 Å². The van der Waals surface area contributed by atoms with Gasteiger partial charge >= 0.3 is 5.97 Å². The topological polar surface area (TPSA) is 58.8 Å². The summed E-state index contributed by atoms with van der Waals surface area (Å²) < 4.78 is 19.6. The Morgan fingerprint density at radius 2 is 1.72 bits per heavy atom. The summed E-state index contributed by atoms with van der Waals surface area (Å²) in [6.45, 7) is 10.5. The lowest BCUT2D eigenvalue weighted by Crippen LogP contribution is -2.48. The molecule has 2 fully saturated rings. The summed E-state index contributed by atoms with van der Waals surface area (Å²) in [7, 11) is 0. The molecule has 0 aromatic heterocycles. The van der Waals surface area contributed by atoms with Gasteiger partial charge in [-0.15, -0.1) is 0 Å². The molecule has 162 valence electrons. The van der Waals surface area contributed by atoms with Gasteiger partial charge in [-0.3, -0.25) is 9.69 Å². The number of carbonyl (C=O) groups is 1. The normalized spacial score (nSPS) is 23.8. The average Bonchev–Trinajstić information content (AvgIpc) is 2.63. The second kappa shape index (κ2) is 9.33. The molecule has 0 spiro atoms. The SMILES string of the molecule is CC(C)(C)OC(=O)CC1CCC(CN2CCN(c3ccc(N)cc3F)CC2)CC1. The predicted molar refractivity (Wildman–Crippen MR) is 115 cm³/mol. The summed E-state index contributed by atoms with van der Waals surface area (Å²) in [5, 5.41) is 0. The molecule has 1 aliphatic heterocycles. The first-order valence-electron chi connectivity index (χ1n) is 10.9. The van der Waals surface area contributed by atoms with Crippen LogP contribution >= 0.6 is 0 Å². The van der Waals surface area contributed by atoms with Crippen LogP contribution in [0.25, 0.3) is 0 Å². The van der Waals surface area contributed by atoms with Gasteiger partial charge in [-0.05, 0) is 76.5 Å². The van der Waals surface area contributed by atoms with Gasteiger partial charge in [0, 0.05) is 44.8 Å². The number of anilines is 2. The fourth-order valence-electron chi connectivity index (χ4n) is 4.55. The molecule has 1 saturated carbocycles. The fourth-order valence-corrected chi connectivity index (χ4v) is 4.55. The van der Waals surface area contributed by atoms with Crippen LogP contribution in [0.3, 0.4) is 0 Å². The van der Waals surface area contributed by atoms with E-state index in [9.17, 15) is 9.18 Å². The second-order valence-electron chi connectivity index (χ2n) is 9.68. The molecule has 1 heterocycles. The van der Waals surface area contributed by atoms with Gasteiger partial charge in [0.1, 0.15) is 11.4 Å². The van der Waals surface area contributed by atoms with Gasteiger partial charge < -0.3 is 15.4 Å². The first-order valence-corrected chi connectivity index (χ1v) is 10.9. The molecule has 0 unspecified atom stereocenters. The van der Waals surface area contributed by atoms with Gasteiger partial charge in [-0.1, -0.05) is 0 Å². The minimum Gasteiger partial charge on any atom is -0.460 e. The molecular weight excluding hydrogens is 369 g/mol. The summed E-state index contributed by atoms with van der Waals surface area (Å²) in [6, 6.07) is 4.95. The molecule has 1 aromatic carbocycles. The van der Waals surface area contributed by atoms with E-state index in [4.69, 9.17) is 10.5 Å². The number of esters is 1. The van der Waals surface area contributed by atoms with Crippen LogP contribution in [-0.4, -0.2) is 49.2 Å². The molecule has 0 atom stereocenters. The van der Waals surface area contributed by atoms with Crippen LogP contribution in [0.15, 0.2) is 18.2 Å². The molecule has 1 saturated heterocycles. The summed E-state index contributed by atoms with van der Waals surface area (Å²) >= 11 is 0. The monoisotopic (exact) mass is 405 g/mol. The summed E-state index contributed by atoms with van der Waals surface area (Å²) in [6.07, 6.45) is 5.14. The second-order valence-corrected chi connectivity index (χ2v) is 9.68. The average molecular weight is 406 g/mol. The number of benzene rings is 1. The molecule has 2 N–H and O–H groups in total. The Morgan fingerprint density at radius 1 is 1.10 bits per heavy atom. The molecule has 5 nitrogen and oxygen atoms in total. The molecule has 6 heteroatoms. The third-order valence-electron chi connectivity index (χ3n) is 6.04. The van der Waals surface area contributed by atoms with Crippen molar-refractivity contribution >= 4 is 17.3 Å². The van der Waals surface area contributed by atoms with Crippen molar-refractivity contribution in [3.05, 3.63) is 24.0 Å². The Bertz CT molecular complexity index is 688. The van der Waals surface area contributed by atoms with Crippen molar-refractivity contribution in [3.8, 4) is 0 Å². The Hall–Kier alpha value is -1.82. The van der Waals surface area contributed by atoms with Crippen molar-refractivity contribution in [1.29, 1.82) is 0 Å². The van der Waals surface area contributed by atoms with E-state index >= 15 is 0 Å². The number of rotatable bonds is 5. The van der Waals surface area contributed by atoms with Crippen molar-refractivity contribution in [3.63, 3.8) is 0 Å². The third kappa shape index (κ3) is 6.59. The summed E-state index contributed by atoms with van der Waals surface area (Å²) in [5.41, 5.74) is 6.38. The predicted octanol–water partition coefficient (Wildman–Crippen LogP) is 4.07. The molecule has 0 amide bonds. The van der Waals surface area contributed by atoms with E-state index in [0.29, 0.717) is 29.6 Å². The molecule has 0 radical (unpaired) electrons. The maximum Gasteiger partial charge on any atom is 0.306 e. The highest BCUT2D eigenvalue weighted by molar-refractivity contribution is 5.70. The fraction of sp³-hybridized carbons (Fsp3) is 0.696. The largest absolute Gasteiger partial charge is 0.460 e. The molecule has 2 aliphatic rings. The van der Waals surface area contributed by atoms with Crippen LogP contribution in [0.1, 0.15) is 52.9 Å². The number of halogens is 1. The first kappa shape index (κ1) is 21.9. The van der Waals surface area contributed by atoms with E-state index in [-0.39, 0.29) is 11.8 Å². The number of ether oxygens (including phenoxy) is 1. The van der Waals surface area contributed by atoms with Gasteiger partial charge in [0.15, 0.2) is 0 Å². The van der Waals surface area contributed by atoms with Crippen LogP contribution in [0, 0.1) is 17.7 Å². The van der Waals surface area contributed by atoms with E-state index in [1.807, 2.05) is 20.8 Å². The molecular formula is C23H36FN3O2. The molecule has 0 bridgehead atoms. The van der Waals surface area contributed by atoms with E-state index in [2.05, 4.69) is 9.80 Å². The van der Waals surface area contributed by atoms with E-state index in [0.717, 1.165) is 45.6 Å². The molecule has 3 rings (SSSR count). The Kier molecular flexibility index (Phi) is 7.04. The quantitative estimate of drug-likeness (QED) is 0.591. The zero-order valence-corrected chi connectivity index (χ0v) is 18.1. The molecule has 29 heavy (non-hydrogen) atoms. The maximum atomic E-state index is 14.2. The minimum atomic E-state index is -0.397. The van der Waals surface area contributed by atoms with Gasteiger partial charge in [0.05, 0.1) is 5.69 Å². The maximum absolute atomic E-state index is 14.2. The number of nitrogens with two attached hydrogens (primary N) is 1. The van der Waals surface area contributed by atoms with Crippen LogP contribution in [0.4, 0.5) is 15.8 Å². The third-order valence-corrected chi connectivity index (χ3v) is 6.04. The lowest BCUT2D eigenvalue weighted by atomic mass is 9.80. The van der Waals surface area contributed by atoms with E-state index in [1.54, 1.807) is 12.1 Å². The van der Waals surface area contributed by atoms with Crippen molar-refractivity contribution in [1.82, 2.24) is 4.90 Å². The zero-order chi connectivity index (χ0) is 21.0. The number of carbonyl (C=O) groups excluding carboxylic acids is 1. The smallest absolute Gasteiger partial charge is 0.306 e. The Morgan fingerprint density at radius 3 is 2.31 bits per heavy atom. The highest BCUT2D eigenvalue weighted by atomic mass is 19.1. The number of nitrogens with zero attached hydrogens (tertiary/aromatic N) is 2. The first-order chi connectivity index (χ1) is 13.7. The molecule has 1 aromatic rings. The molecule has 1 aliphatic carbocycles. The van der Waals surface area contributed by atoms with E-state index < -0.39 is 5.60 Å². The highest BCUT2D eigenvalue weighted by Gasteiger charge is 2.28. The Balaban J connectivity index is 1.38. The van der Waals surface area contributed by atoms with Crippen LogP contribution < -0.4 is 10.6 Å². The van der Waals surface area contributed by atoms with Crippen LogP contribution in [0.2, 0.25) is 0 Å². The number of nitrogen functional groups attached to an aromatic ring is 1. The highest BCUT2D eigenvalue weighted by Crippen LogP contribution is 2.32. The summed E-state index contributed by atoms with van der Waals surface area (Å²) in [4.78, 5) is 16.7. The standard InChI is InChI=1S/C23H36FN3O2/c1-23(2,3)29-22(28)14-17-4-6-18(7-5-17)16-26-10-12-27(13-11-26)21-9-8-19(25)15-20(21)24/h8-9,15,17-18H,4-7,10-14,16,25H2,1-3H3. The Labute approximate surface area is 174 Å². The van der Waals surface area contributed by atoms with Crippen molar-refractivity contribution in [2.24, 2.45) is 11.8 Å². The number of hydrogen-bond acceptors (Lipinski definition) is 5. The van der Waals surface area contributed by atoms with Crippen LogP contribution in [0.5, 0.6) is 0 Å². The van der Waals surface area contributed by atoms with Crippen molar-refractivity contribution in [2.75, 3.05) is 43.4 Å². The summed E-state index contributed by atoms with van der Waals surface area (Å²) in [5.74, 6) is 0.866. The lowest BCUT2D eigenvalue weighted by Gasteiger charge is -2.39. The zero-order valence-electron chi connectivity index (χ0n) is 18.1. The number of hydrogen-bond donors (Lipinski definition) is 1. The van der Waals surface area contributed by atoms with Gasteiger partial charge in [0.2, 0.25) is 0 Å². The van der Waals surface area contributed by atoms with Crippen molar-refractivity contribution in [2.45, 2.75) is 58.5 Å². The van der Waals surface area contributed by atoms with Crippen molar-refractivity contribution < 1.29 is 13.9 Å². The number of piperazine rings is 1. The van der Waals surface area contributed by atoms with Crippen LogP contribution in [-0.2, 0) is 9.53 Å². The minimum absolute atomic E-state index is 0.0630. The van der Waals surface area contributed by atoms with Gasteiger partial charge in [-0.25, -0.2) is 4.39 Å². The van der Waals surface area contributed by atoms with Gasteiger partial charge in [-0.2, -0.15) is 0 Å².